The summed E-state index contributed by atoms with van der Waals surface area (Å²) in [6.07, 6.45) is 3.73. The molecule has 2 aromatic rings. The Balaban J connectivity index is 1.71. The molecule has 0 saturated carbocycles. The van der Waals surface area contributed by atoms with Crippen LogP contribution < -0.4 is 5.32 Å². The molecular weight excluding hydrogens is 434 g/mol. The summed E-state index contributed by atoms with van der Waals surface area (Å²) < 4.78 is 27.7. The highest BCUT2D eigenvalue weighted by Crippen LogP contribution is 2.27. The molecule has 0 bridgehead atoms. The fourth-order valence-electron chi connectivity index (χ4n) is 3.68. The van der Waals surface area contributed by atoms with Gasteiger partial charge in [-0.15, -0.1) is 0 Å². The Morgan fingerprint density at radius 1 is 1.00 bits per heavy atom. The van der Waals surface area contributed by atoms with Crippen molar-refractivity contribution in [3.8, 4) is 0 Å². The highest BCUT2D eigenvalue weighted by molar-refractivity contribution is 7.89. The minimum atomic E-state index is -3.74. The van der Waals surface area contributed by atoms with Crippen LogP contribution in [-0.2, 0) is 23.1 Å². The van der Waals surface area contributed by atoms with Gasteiger partial charge in [0, 0.05) is 31.7 Å². The number of rotatable bonds is 7. The number of amides is 1. The first kappa shape index (κ1) is 23.7. The van der Waals surface area contributed by atoms with Crippen LogP contribution in [0.1, 0.15) is 47.2 Å². The molecule has 1 heterocycles. The fraction of sp³-hybridized carbons (Fsp3) is 0.435. The SMILES string of the molecule is CN(C)Cc1ccc(CNC(=O)c2ccc(Cl)c(S(=O)(=O)N3CCCCCC3)c2)cc1. The molecule has 1 fully saturated rings. The summed E-state index contributed by atoms with van der Waals surface area (Å²) in [4.78, 5) is 14.8. The molecule has 168 valence electrons. The van der Waals surface area contributed by atoms with Gasteiger partial charge in [0.25, 0.3) is 5.91 Å². The minimum absolute atomic E-state index is 0.00300. The van der Waals surface area contributed by atoms with Gasteiger partial charge in [0.1, 0.15) is 4.90 Å². The van der Waals surface area contributed by atoms with Crippen molar-refractivity contribution in [3.63, 3.8) is 0 Å². The van der Waals surface area contributed by atoms with Gasteiger partial charge in [0.05, 0.1) is 5.02 Å². The van der Waals surface area contributed by atoms with E-state index in [1.54, 1.807) is 6.07 Å². The Labute approximate surface area is 190 Å². The number of nitrogens with zero attached hydrogens (tertiary/aromatic N) is 2. The van der Waals surface area contributed by atoms with Crippen molar-refractivity contribution in [3.05, 3.63) is 64.2 Å². The standard InChI is InChI=1S/C23H30ClN3O3S/c1-26(2)17-19-9-7-18(8-10-19)16-25-23(28)20-11-12-21(24)22(15-20)31(29,30)27-13-5-3-4-6-14-27/h7-12,15H,3-6,13-14,16-17H2,1-2H3,(H,25,28). The average Bonchev–Trinajstić information content (AvgIpc) is 3.03. The maximum atomic E-state index is 13.1. The van der Waals surface area contributed by atoms with Crippen LogP contribution in [0.2, 0.25) is 5.02 Å². The van der Waals surface area contributed by atoms with Gasteiger partial charge in [-0.3, -0.25) is 4.79 Å². The molecule has 0 atom stereocenters. The van der Waals surface area contributed by atoms with E-state index in [1.165, 1.54) is 22.0 Å². The average molecular weight is 464 g/mol. The second kappa shape index (κ2) is 10.6. The van der Waals surface area contributed by atoms with Gasteiger partial charge < -0.3 is 10.2 Å². The van der Waals surface area contributed by atoms with Crippen LogP contribution in [0.15, 0.2) is 47.4 Å². The number of benzene rings is 2. The topological polar surface area (TPSA) is 69.7 Å². The van der Waals surface area contributed by atoms with Gasteiger partial charge >= 0.3 is 0 Å². The smallest absolute Gasteiger partial charge is 0.251 e. The maximum Gasteiger partial charge on any atom is 0.251 e. The summed E-state index contributed by atoms with van der Waals surface area (Å²) in [7, 11) is 0.294. The largest absolute Gasteiger partial charge is 0.348 e. The van der Waals surface area contributed by atoms with Crippen molar-refractivity contribution < 1.29 is 13.2 Å². The molecule has 0 aliphatic carbocycles. The van der Waals surface area contributed by atoms with Crippen LogP contribution in [-0.4, -0.2) is 50.7 Å². The van der Waals surface area contributed by atoms with Crippen molar-refractivity contribution in [2.75, 3.05) is 27.2 Å². The number of hydrogen-bond donors (Lipinski definition) is 1. The van der Waals surface area contributed by atoms with Gasteiger partial charge in [0.2, 0.25) is 10.0 Å². The third-order valence-corrected chi connectivity index (χ3v) is 7.73. The summed E-state index contributed by atoms with van der Waals surface area (Å²) >= 11 is 6.23. The zero-order valence-electron chi connectivity index (χ0n) is 18.1. The summed E-state index contributed by atoms with van der Waals surface area (Å²) in [6.45, 7) is 2.18. The lowest BCUT2D eigenvalue weighted by atomic mass is 10.1. The molecule has 31 heavy (non-hydrogen) atoms. The van der Waals surface area contributed by atoms with Crippen LogP contribution in [0, 0.1) is 0 Å². The molecular formula is C23H30ClN3O3S. The molecule has 1 amide bonds. The van der Waals surface area contributed by atoms with Gasteiger partial charge in [-0.25, -0.2) is 8.42 Å². The first-order valence-corrected chi connectivity index (χ1v) is 12.4. The number of carbonyl (C=O) groups is 1. The Morgan fingerprint density at radius 2 is 1.61 bits per heavy atom. The summed E-state index contributed by atoms with van der Waals surface area (Å²) in [5.41, 5.74) is 2.45. The van der Waals surface area contributed by atoms with Crippen molar-refractivity contribution in [1.29, 1.82) is 0 Å². The second-order valence-corrected chi connectivity index (χ2v) is 10.5. The Hall–Kier alpha value is -1.93. The number of hydrogen-bond acceptors (Lipinski definition) is 4. The molecule has 1 aliphatic heterocycles. The molecule has 8 heteroatoms. The summed E-state index contributed by atoms with van der Waals surface area (Å²) in [5, 5.41) is 3.00. The lowest BCUT2D eigenvalue weighted by Gasteiger charge is -2.21. The van der Waals surface area contributed by atoms with Crippen LogP contribution >= 0.6 is 11.6 Å². The first-order chi connectivity index (χ1) is 14.8. The molecule has 1 N–H and O–H groups in total. The predicted molar refractivity (Wildman–Crippen MR) is 124 cm³/mol. The molecule has 6 nitrogen and oxygen atoms in total. The highest BCUT2D eigenvalue weighted by Gasteiger charge is 2.28. The lowest BCUT2D eigenvalue weighted by molar-refractivity contribution is 0.0950. The monoisotopic (exact) mass is 463 g/mol. The summed E-state index contributed by atoms with van der Waals surface area (Å²) in [6, 6.07) is 12.5. The quantitative estimate of drug-likeness (QED) is 0.676. The van der Waals surface area contributed by atoms with Crippen LogP contribution in [0.3, 0.4) is 0 Å². The van der Waals surface area contributed by atoms with Crippen LogP contribution in [0.25, 0.3) is 0 Å². The van der Waals surface area contributed by atoms with E-state index < -0.39 is 10.0 Å². The fourth-order valence-corrected chi connectivity index (χ4v) is 5.69. The Morgan fingerprint density at radius 3 is 2.23 bits per heavy atom. The normalized spacial score (nSPS) is 15.6. The van der Waals surface area contributed by atoms with E-state index in [0.29, 0.717) is 19.6 Å². The van der Waals surface area contributed by atoms with Gasteiger partial charge in [-0.1, -0.05) is 48.7 Å². The van der Waals surface area contributed by atoms with Gasteiger partial charge in [-0.2, -0.15) is 4.31 Å². The molecule has 0 unspecified atom stereocenters. The van der Waals surface area contributed by atoms with E-state index in [9.17, 15) is 13.2 Å². The minimum Gasteiger partial charge on any atom is -0.348 e. The van der Waals surface area contributed by atoms with Crippen LogP contribution in [0.5, 0.6) is 0 Å². The first-order valence-electron chi connectivity index (χ1n) is 10.6. The van der Waals surface area contributed by atoms with E-state index in [-0.39, 0.29) is 21.4 Å². The molecule has 1 saturated heterocycles. The second-order valence-electron chi connectivity index (χ2n) is 8.20. The van der Waals surface area contributed by atoms with Crippen molar-refractivity contribution >= 4 is 27.5 Å². The van der Waals surface area contributed by atoms with Crippen molar-refractivity contribution in [2.45, 2.75) is 43.7 Å². The Bertz CT molecular complexity index is 999. The molecule has 0 aromatic heterocycles. The van der Waals surface area contributed by atoms with E-state index in [0.717, 1.165) is 37.8 Å². The maximum absolute atomic E-state index is 13.1. The summed E-state index contributed by atoms with van der Waals surface area (Å²) in [5.74, 6) is -0.332. The molecule has 0 radical (unpaired) electrons. The van der Waals surface area contributed by atoms with E-state index in [2.05, 4.69) is 10.2 Å². The number of sulfonamides is 1. The van der Waals surface area contributed by atoms with Crippen molar-refractivity contribution in [2.24, 2.45) is 0 Å². The third-order valence-electron chi connectivity index (χ3n) is 5.35. The van der Waals surface area contributed by atoms with Crippen LogP contribution in [0.4, 0.5) is 0 Å². The molecule has 3 rings (SSSR count). The molecule has 0 spiro atoms. The third kappa shape index (κ3) is 6.29. The van der Waals surface area contributed by atoms with E-state index in [1.807, 2.05) is 38.4 Å². The van der Waals surface area contributed by atoms with Crippen molar-refractivity contribution in [1.82, 2.24) is 14.5 Å². The predicted octanol–water partition coefficient (Wildman–Crippen LogP) is 3.90. The number of halogens is 1. The van der Waals surface area contributed by atoms with Gasteiger partial charge in [-0.05, 0) is 56.3 Å². The van der Waals surface area contributed by atoms with Gasteiger partial charge in [0.15, 0.2) is 0 Å². The zero-order valence-corrected chi connectivity index (χ0v) is 19.7. The molecule has 2 aromatic carbocycles. The zero-order chi connectivity index (χ0) is 22.4. The highest BCUT2D eigenvalue weighted by atomic mass is 35.5. The lowest BCUT2D eigenvalue weighted by Crippen LogP contribution is -2.32. The van der Waals surface area contributed by atoms with E-state index >= 15 is 0 Å². The number of carbonyl (C=O) groups excluding carboxylic acids is 1. The van der Waals surface area contributed by atoms with E-state index in [4.69, 9.17) is 11.6 Å². The Kier molecular flexibility index (Phi) is 8.11. The molecule has 1 aliphatic rings. The number of nitrogens with one attached hydrogen (secondary N) is 1.